The Hall–Kier alpha value is -0.290. The Morgan fingerprint density at radius 1 is 0.944 bits per heavy atom. The average Bonchev–Trinajstić information content (AvgIpc) is 2.14. The molecule has 0 heterocycles. The molecule has 2 nitrogen and oxygen atoms in total. The fourth-order valence-corrected chi connectivity index (χ4v) is 2.07. The first-order valence-corrected chi connectivity index (χ1v) is 6.40. The molecule has 0 aliphatic heterocycles. The minimum Gasteiger partial charge on any atom is -0.387 e. The van der Waals surface area contributed by atoms with E-state index in [4.69, 9.17) is 4.74 Å². The lowest BCUT2D eigenvalue weighted by molar-refractivity contribution is -0.208. The van der Waals surface area contributed by atoms with Crippen molar-refractivity contribution in [2.75, 3.05) is 0 Å². The second kappa shape index (κ2) is 5.00. The third-order valence-electron chi connectivity index (χ3n) is 4.07. The number of hydrogen-bond donors (Lipinski definition) is 1. The zero-order chi connectivity index (χ0) is 14.2. The van der Waals surface area contributed by atoms with Crippen LogP contribution in [-0.2, 0) is 4.74 Å². The van der Waals surface area contributed by atoms with Gasteiger partial charge in [-0.1, -0.05) is 0 Å². The van der Waals surface area contributed by atoms with Crippen LogP contribution in [0.1, 0.15) is 53.4 Å². The van der Waals surface area contributed by atoms with E-state index in [-0.39, 0.29) is 18.9 Å². The van der Waals surface area contributed by atoms with Gasteiger partial charge < -0.3 is 9.84 Å². The summed E-state index contributed by atoms with van der Waals surface area (Å²) in [4.78, 5) is 0. The van der Waals surface area contributed by atoms with Gasteiger partial charge in [-0.05, 0) is 53.4 Å². The maximum Gasteiger partial charge on any atom is 0.391 e. The highest BCUT2D eigenvalue weighted by Crippen LogP contribution is 2.40. The van der Waals surface area contributed by atoms with Gasteiger partial charge in [-0.2, -0.15) is 13.2 Å². The molecule has 0 saturated heterocycles. The van der Waals surface area contributed by atoms with Crippen molar-refractivity contribution in [3.05, 3.63) is 0 Å². The third kappa shape index (κ3) is 3.85. The molecule has 0 unspecified atom stereocenters. The largest absolute Gasteiger partial charge is 0.391 e. The van der Waals surface area contributed by atoms with Crippen LogP contribution in [0.25, 0.3) is 0 Å². The summed E-state index contributed by atoms with van der Waals surface area (Å²) in [5.41, 5.74) is -1.78. The van der Waals surface area contributed by atoms with Gasteiger partial charge in [0, 0.05) is 0 Å². The number of halogens is 3. The number of hydrogen-bond acceptors (Lipinski definition) is 2. The number of ether oxygens (including phenoxy) is 1. The van der Waals surface area contributed by atoms with Crippen LogP contribution in [0.2, 0.25) is 0 Å². The minimum absolute atomic E-state index is 0.121. The van der Waals surface area contributed by atoms with Crippen LogP contribution < -0.4 is 0 Å². The van der Waals surface area contributed by atoms with Crippen molar-refractivity contribution in [3.8, 4) is 0 Å². The Kier molecular flexibility index (Phi) is 4.38. The summed E-state index contributed by atoms with van der Waals surface area (Å²) in [5, 5.41) is 9.95. The molecule has 0 aromatic carbocycles. The molecule has 1 rings (SSSR count). The fraction of sp³-hybridized carbons (Fsp3) is 1.00. The van der Waals surface area contributed by atoms with Crippen LogP contribution >= 0.6 is 0 Å². The molecule has 0 spiro atoms. The zero-order valence-electron chi connectivity index (χ0n) is 11.5. The Morgan fingerprint density at radius 2 is 1.39 bits per heavy atom. The van der Waals surface area contributed by atoms with Gasteiger partial charge in [0.2, 0.25) is 0 Å². The predicted molar refractivity (Wildman–Crippen MR) is 63.3 cm³/mol. The number of aliphatic hydroxyl groups is 1. The van der Waals surface area contributed by atoms with Crippen LogP contribution in [-0.4, -0.2) is 28.6 Å². The second-order valence-corrected chi connectivity index (χ2v) is 6.20. The summed E-state index contributed by atoms with van der Waals surface area (Å²) in [5.74, 6) is -1.19. The molecule has 0 amide bonds. The summed E-state index contributed by atoms with van der Waals surface area (Å²) < 4.78 is 43.3. The lowest BCUT2D eigenvalue weighted by atomic mass is 9.85. The molecule has 5 heteroatoms. The average molecular weight is 268 g/mol. The molecule has 0 aromatic rings. The topological polar surface area (TPSA) is 29.5 Å². The van der Waals surface area contributed by atoms with Gasteiger partial charge in [-0.15, -0.1) is 0 Å². The van der Waals surface area contributed by atoms with E-state index in [9.17, 15) is 18.3 Å². The lowest BCUT2D eigenvalue weighted by Gasteiger charge is -2.41. The summed E-state index contributed by atoms with van der Waals surface area (Å²) in [6, 6.07) is 0. The third-order valence-corrected chi connectivity index (χ3v) is 4.07. The predicted octanol–water partition coefficient (Wildman–Crippen LogP) is 3.67. The van der Waals surface area contributed by atoms with Crippen molar-refractivity contribution in [3.63, 3.8) is 0 Å². The molecule has 0 atom stereocenters. The number of rotatable bonds is 3. The van der Waals surface area contributed by atoms with E-state index >= 15 is 0 Å². The van der Waals surface area contributed by atoms with Crippen molar-refractivity contribution in [2.24, 2.45) is 5.92 Å². The lowest BCUT2D eigenvalue weighted by Crippen LogP contribution is -2.50. The maximum absolute atomic E-state index is 12.5. The van der Waals surface area contributed by atoms with E-state index < -0.39 is 23.3 Å². The van der Waals surface area contributed by atoms with E-state index in [0.717, 1.165) is 0 Å². The van der Waals surface area contributed by atoms with Crippen molar-refractivity contribution in [2.45, 2.75) is 76.9 Å². The molecule has 18 heavy (non-hydrogen) atoms. The molecule has 108 valence electrons. The second-order valence-electron chi connectivity index (χ2n) is 6.20. The summed E-state index contributed by atoms with van der Waals surface area (Å²) in [6.45, 7) is 6.83. The van der Waals surface area contributed by atoms with Crippen molar-refractivity contribution in [1.29, 1.82) is 0 Å². The van der Waals surface area contributed by atoms with Gasteiger partial charge in [-0.25, -0.2) is 0 Å². The van der Waals surface area contributed by atoms with Crippen LogP contribution in [0.15, 0.2) is 0 Å². The SMILES string of the molecule is CC(C)(O)C(C)(C)OC1CCC(C(F)(F)F)CC1. The molecule has 0 aromatic heterocycles. The van der Waals surface area contributed by atoms with Gasteiger partial charge in [0.1, 0.15) is 0 Å². The Labute approximate surface area is 107 Å². The summed E-state index contributed by atoms with van der Waals surface area (Å²) >= 11 is 0. The molecule has 1 fully saturated rings. The molecule has 1 saturated carbocycles. The Morgan fingerprint density at radius 3 is 1.72 bits per heavy atom. The van der Waals surface area contributed by atoms with Gasteiger partial charge >= 0.3 is 6.18 Å². The first-order valence-electron chi connectivity index (χ1n) is 6.40. The fourth-order valence-electron chi connectivity index (χ4n) is 2.07. The summed E-state index contributed by atoms with van der Waals surface area (Å²) in [6.07, 6.45) is -3.22. The van der Waals surface area contributed by atoms with E-state index in [1.54, 1.807) is 27.7 Å². The highest BCUT2D eigenvalue weighted by molar-refractivity contribution is 4.89. The maximum atomic E-state index is 12.5. The van der Waals surface area contributed by atoms with Gasteiger partial charge in [-0.3, -0.25) is 0 Å². The monoisotopic (exact) mass is 268 g/mol. The van der Waals surface area contributed by atoms with Gasteiger partial charge in [0.25, 0.3) is 0 Å². The summed E-state index contributed by atoms with van der Waals surface area (Å²) in [7, 11) is 0. The molecular weight excluding hydrogens is 245 g/mol. The highest BCUT2D eigenvalue weighted by Gasteiger charge is 2.44. The molecule has 1 aliphatic carbocycles. The van der Waals surface area contributed by atoms with Crippen LogP contribution in [0.5, 0.6) is 0 Å². The zero-order valence-corrected chi connectivity index (χ0v) is 11.5. The van der Waals surface area contributed by atoms with Crippen molar-refractivity contribution < 1.29 is 23.0 Å². The molecule has 0 bridgehead atoms. The molecular formula is C13H23F3O2. The smallest absolute Gasteiger partial charge is 0.387 e. The molecule has 1 aliphatic rings. The van der Waals surface area contributed by atoms with Crippen molar-refractivity contribution in [1.82, 2.24) is 0 Å². The first kappa shape index (κ1) is 15.8. The number of alkyl halides is 3. The van der Waals surface area contributed by atoms with E-state index in [1.165, 1.54) is 0 Å². The normalized spacial score (nSPS) is 27.3. The Balaban J connectivity index is 2.50. The van der Waals surface area contributed by atoms with Crippen LogP contribution in [0.4, 0.5) is 13.2 Å². The van der Waals surface area contributed by atoms with E-state index in [2.05, 4.69) is 0 Å². The molecule has 1 N–H and O–H groups in total. The molecule has 0 radical (unpaired) electrons. The van der Waals surface area contributed by atoms with Crippen LogP contribution in [0.3, 0.4) is 0 Å². The Bertz CT molecular complexity index is 271. The van der Waals surface area contributed by atoms with Crippen molar-refractivity contribution >= 4 is 0 Å². The van der Waals surface area contributed by atoms with Gasteiger partial charge in [0.15, 0.2) is 0 Å². The highest BCUT2D eigenvalue weighted by atomic mass is 19.4. The van der Waals surface area contributed by atoms with Crippen LogP contribution in [0, 0.1) is 5.92 Å². The first-order chi connectivity index (χ1) is 7.93. The minimum atomic E-state index is -4.09. The quantitative estimate of drug-likeness (QED) is 0.846. The van der Waals surface area contributed by atoms with E-state index in [0.29, 0.717) is 12.8 Å². The standard InChI is InChI=1S/C13H23F3O2/c1-11(2,17)12(3,4)18-10-7-5-9(6-8-10)13(14,15)16/h9-10,17H,5-8H2,1-4H3. The van der Waals surface area contributed by atoms with E-state index in [1.807, 2.05) is 0 Å². The van der Waals surface area contributed by atoms with Gasteiger partial charge in [0.05, 0.1) is 23.2 Å².